The number of carbonyl (C=O) groups excluding carboxylic acids is 1. The van der Waals surface area contributed by atoms with Gasteiger partial charge in [0, 0.05) is 6.04 Å². The van der Waals surface area contributed by atoms with Gasteiger partial charge in [-0.1, -0.05) is 6.92 Å². The van der Waals surface area contributed by atoms with Gasteiger partial charge in [-0.15, -0.1) is 0 Å². The molecule has 1 aliphatic heterocycles. The molecular weight excluding hydrogens is 221 g/mol. The first-order valence-corrected chi connectivity index (χ1v) is 5.32. The Bertz CT molecular complexity index is 280. The van der Waals surface area contributed by atoms with Gasteiger partial charge in [0.05, 0.1) is 18.6 Å². The Hall–Kier alpha value is -0.780. The first-order chi connectivity index (χ1) is 7.19. The van der Waals surface area contributed by atoms with E-state index >= 15 is 0 Å². The third kappa shape index (κ3) is 2.66. The number of hydrogen-bond acceptors (Lipinski definition) is 2. The minimum absolute atomic E-state index is 0.195. The van der Waals surface area contributed by atoms with Gasteiger partial charge in [-0.3, -0.25) is 10.1 Å². The molecule has 3 nitrogen and oxygen atoms in total. The number of carbonyl (C=O) groups is 1. The summed E-state index contributed by atoms with van der Waals surface area (Å²) in [5, 5.41) is 2.96. The van der Waals surface area contributed by atoms with E-state index in [1.165, 1.54) is 11.8 Å². The lowest BCUT2D eigenvalue weighted by Crippen LogP contribution is -2.45. The second-order valence-corrected chi connectivity index (χ2v) is 4.46. The van der Waals surface area contributed by atoms with Crippen LogP contribution in [0, 0.1) is 0 Å². The summed E-state index contributed by atoms with van der Waals surface area (Å²) in [6.45, 7) is 5.17. The molecule has 0 aromatic rings. The molecule has 1 rings (SSSR count). The lowest BCUT2D eigenvalue weighted by Gasteiger charge is -2.26. The molecule has 0 saturated carbocycles. The molecule has 0 aromatic carbocycles. The minimum Gasteiger partial charge on any atom is -0.325 e. The molecule has 1 aliphatic rings. The van der Waals surface area contributed by atoms with Crippen LogP contribution in [0.2, 0.25) is 0 Å². The third-order valence-electron chi connectivity index (χ3n) is 3.14. The Labute approximate surface area is 93.0 Å². The Kier molecular flexibility index (Phi) is 3.52. The summed E-state index contributed by atoms with van der Waals surface area (Å²) >= 11 is 0. The van der Waals surface area contributed by atoms with Crippen LogP contribution >= 0.6 is 0 Å². The van der Waals surface area contributed by atoms with Crippen LogP contribution in [0.3, 0.4) is 0 Å². The minimum atomic E-state index is -4.23. The van der Waals surface area contributed by atoms with Crippen molar-refractivity contribution in [2.75, 3.05) is 6.67 Å². The average molecular weight is 238 g/mol. The normalized spacial score (nSPS) is 28.6. The van der Waals surface area contributed by atoms with Crippen LogP contribution in [0.5, 0.6) is 0 Å². The molecule has 1 fully saturated rings. The van der Waals surface area contributed by atoms with Gasteiger partial charge in [0.2, 0.25) is 5.91 Å². The van der Waals surface area contributed by atoms with Crippen molar-refractivity contribution in [3.8, 4) is 0 Å². The molecule has 0 bridgehead atoms. The molecule has 16 heavy (non-hydrogen) atoms. The maximum Gasteiger partial charge on any atom is 0.391 e. The predicted octanol–water partition coefficient (Wildman–Crippen LogP) is 1.89. The maximum absolute atomic E-state index is 12.2. The molecule has 0 radical (unpaired) electrons. The van der Waals surface area contributed by atoms with Crippen molar-refractivity contribution in [1.82, 2.24) is 10.2 Å². The van der Waals surface area contributed by atoms with Crippen molar-refractivity contribution in [2.45, 2.75) is 51.4 Å². The van der Waals surface area contributed by atoms with Crippen LogP contribution in [-0.2, 0) is 4.79 Å². The van der Waals surface area contributed by atoms with Crippen molar-refractivity contribution in [1.29, 1.82) is 0 Å². The molecule has 0 spiro atoms. The van der Waals surface area contributed by atoms with Gasteiger partial charge in [-0.2, -0.15) is 13.2 Å². The van der Waals surface area contributed by atoms with Crippen LogP contribution in [-0.4, -0.2) is 35.2 Å². The second kappa shape index (κ2) is 4.24. The Morgan fingerprint density at radius 2 is 2.12 bits per heavy atom. The van der Waals surface area contributed by atoms with Gasteiger partial charge < -0.3 is 4.90 Å². The number of alkyl halides is 3. The highest BCUT2D eigenvalue weighted by Gasteiger charge is 2.44. The summed E-state index contributed by atoms with van der Waals surface area (Å²) < 4.78 is 36.6. The van der Waals surface area contributed by atoms with Gasteiger partial charge in [-0.05, 0) is 20.3 Å². The largest absolute Gasteiger partial charge is 0.391 e. The topological polar surface area (TPSA) is 32.3 Å². The van der Waals surface area contributed by atoms with E-state index in [2.05, 4.69) is 5.32 Å². The van der Waals surface area contributed by atoms with E-state index in [-0.39, 0.29) is 12.6 Å². The molecule has 0 aromatic heterocycles. The molecule has 0 aliphatic carbocycles. The highest BCUT2D eigenvalue weighted by Crippen LogP contribution is 2.27. The van der Waals surface area contributed by atoms with Gasteiger partial charge in [0.1, 0.15) is 0 Å². The number of nitrogens with one attached hydrogen (secondary N) is 1. The SMILES string of the molecule is CCC1(C)NCN(C(C)CC(F)(F)F)C1=O. The molecule has 94 valence electrons. The quantitative estimate of drug-likeness (QED) is 0.814. The highest BCUT2D eigenvalue weighted by molar-refractivity contribution is 5.88. The van der Waals surface area contributed by atoms with E-state index in [4.69, 9.17) is 0 Å². The van der Waals surface area contributed by atoms with Crippen molar-refractivity contribution in [2.24, 2.45) is 0 Å². The summed E-state index contributed by atoms with van der Waals surface area (Å²) in [5.41, 5.74) is -0.708. The maximum atomic E-state index is 12.2. The first kappa shape index (κ1) is 13.3. The standard InChI is InChI=1S/C10H17F3N2O/c1-4-9(3)8(16)15(6-14-9)7(2)5-10(11,12)13/h7,14H,4-6H2,1-3H3. The molecular formula is C10H17F3N2O. The van der Waals surface area contributed by atoms with Gasteiger partial charge in [-0.25, -0.2) is 0 Å². The molecule has 1 N–H and O–H groups in total. The van der Waals surface area contributed by atoms with Crippen molar-refractivity contribution >= 4 is 5.91 Å². The van der Waals surface area contributed by atoms with E-state index in [0.717, 1.165) is 0 Å². The number of nitrogens with zero attached hydrogens (tertiary/aromatic N) is 1. The Morgan fingerprint density at radius 3 is 2.50 bits per heavy atom. The van der Waals surface area contributed by atoms with E-state index in [1.54, 1.807) is 6.92 Å². The fourth-order valence-corrected chi connectivity index (χ4v) is 1.80. The van der Waals surface area contributed by atoms with Gasteiger partial charge in [0.25, 0.3) is 0 Å². The monoisotopic (exact) mass is 238 g/mol. The summed E-state index contributed by atoms with van der Waals surface area (Å²) in [4.78, 5) is 13.1. The average Bonchev–Trinajstić information content (AvgIpc) is 2.42. The molecule has 6 heteroatoms. The fraction of sp³-hybridized carbons (Fsp3) is 0.900. The summed E-state index contributed by atoms with van der Waals surface area (Å²) in [7, 11) is 0. The summed E-state index contributed by atoms with van der Waals surface area (Å²) in [6.07, 6.45) is -4.62. The van der Waals surface area contributed by atoms with E-state index in [1.807, 2.05) is 6.92 Å². The first-order valence-electron chi connectivity index (χ1n) is 5.32. The second-order valence-electron chi connectivity index (χ2n) is 4.46. The zero-order chi connectivity index (χ0) is 12.6. The Balaban J connectivity index is 2.67. The number of hydrogen-bond donors (Lipinski definition) is 1. The van der Waals surface area contributed by atoms with Crippen LogP contribution in [0.1, 0.15) is 33.6 Å². The molecule has 1 heterocycles. The number of halogens is 3. The zero-order valence-corrected chi connectivity index (χ0v) is 9.69. The zero-order valence-electron chi connectivity index (χ0n) is 9.69. The lowest BCUT2D eigenvalue weighted by molar-refractivity contribution is -0.152. The molecule has 1 amide bonds. The van der Waals surface area contributed by atoms with Crippen LogP contribution in [0.4, 0.5) is 13.2 Å². The third-order valence-corrected chi connectivity index (χ3v) is 3.14. The van der Waals surface area contributed by atoms with Crippen molar-refractivity contribution < 1.29 is 18.0 Å². The van der Waals surface area contributed by atoms with Crippen molar-refractivity contribution in [3.05, 3.63) is 0 Å². The lowest BCUT2D eigenvalue weighted by atomic mass is 9.99. The van der Waals surface area contributed by atoms with E-state index < -0.39 is 24.2 Å². The molecule has 1 saturated heterocycles. The number of amides is 1. The van der Waals surface area contributed by atoms with Gasteiger partial charge in [0.15, 0.2) is 0 Å². The number of rotatable bonds is 3. The fourth-order valence-electron chi connectivity index (χ4n) is 1.80. The summed E-state index contributed by atoms with van der Waals surface area (Å²) in [6, 6.07) is -0.812. The highest BCUT2D eigenvalue weighted by atomic mass is 19.4. The smallest absolute Gasteiger partial charge is 0.325 e. The van der Waals surface area contributed by atoms with E-state index in [0.29, 0.717) is 6.42 Å². The van der Waals surface area contributed by atoms with Crippen LogP contribution < -0.4 is 5.32 Å². The van der Waals surface area contributed by atoms with Crippen LogP contribution in [0.15, 0.2) is 0 Å². The molecule has 2 unspecified atom stereocenters. The van der Waals surface area contributed by atoms with Gasteiger partial charge >= 0.3 is 6.18 Å². The van der Waals surface area contributed by atoms with Crippen LogP contribution in [0.25, 0.3) is 0 Å². The summed E-state index contributed by atoms with van der Waals surface area (Å²) in [5.74, 6) is -0.244. The van der Waals surface area contributed by atoms with Crippen molar-refractivity contribution in [3.63, 3.8) is 0 Å². The van der Waals surface area contributed by atoms with E-state index in [9.17, 15) is 18.0 Å². The molecule has 2 atom stereocenters. The Morgan fingerprint density at radius 1 is 1.56 bits per heavy atom. The predicted molar refractivity (Wildman–Crippen MR) is 53.7 cm³/mol.